The number of carbonyl (C=O) groups excluding carboxylic acids is 2. The van der Waals surface area contributed by atoms with Gasteiger partial charge in [-0.15, -0.1) is 0 Å². The molecule has 0 fully saturated rings. The average molecular weight is 437 g/mol. The third kappa shape index (κ3) is 6.14. The first-order valence-electron chi connectivity index (χ1n) is 10.3. The molecule has 3 N–H and O–H groups in total. The Morgan fingerprint density at radius 1 is 1.12 bits per heavy atom. The van der Waals surface area contributed by atoms with Gasteiger partial charge < -0.3 is 20.1 Å². The van der Waals surface area contributed by atoms with Crippen LogP contribution < -0.4 is 20.7 Å². The lowest BCUT2D eigenvalue weighted by Gasteiger charge is -2.38. The van der Waals surface area contributed by atoms with Crippen molar-refractivity contribution >= 4 is 23.5 Å². The van der Waals surface area contributed by atoms with Crippen molar-refractivity contribution in [1.29, 1.82) is 5.26 Å². The molecule has 8 nitrogen and oxygen atoms in total. The minimum Gasteiger partial charge on any atom is -0.487 e. The molecule has 2 aromatic carbocycles. The largest absolute Gasteiger partial charge is 0.487 e. The van der Waals surface area contributed by atoms with Crippen molar-refractivity contribution in [3.63, 3.8) is 0 Å². The van der Waals surface area contributed by atoms with E-state index in [9.17, 15) is 9.59 Å². The van der Waals surface area contributed by atoms with E-state index < -0.39 is 23.3 Å². The number of amides is 3. The fourth-order valence-electron chi connectivity index (χ4n) is 3.47. The molecule has 0 aromatic heterocycles. The average Bonchev–Trinajstić information content (AvgIpc) is 2.66. The number of hydrogen-bond donors (Lipinski definition) is 3. The number of carbonyl (C=O) groups is 2. The third-order valence-electron chi connectivity index (χ3n) is 4.67. The Bertz CT molecular complexity index is 1070. The summed E-state index contributed by atoms with van der Waals surface area (Å²) in [4.78, 5) is 24.8. The maximum absolute atomic E-state index is 12.7. The SMILES string of the molecule is CC(C)(C)OC(=O)Nc1ccc2c(c1)[C@@H](NC(=O)Nc1cccc(C#N)c1)CC(C)(C)O2. The summed E-state index contributed by atoms with van der Waals surface area (Å²) >= 11 is 0. The number of hydrogen-bond acceptors (Lipinski definition) is 5. The Labute approximate surface area is 187 Å². The molecule has 2 aromatic rings. The lowest BCUT2D eigenvalue weighted by molar-refractivity contribution is 0.0631. The number of nitrogens with zero attached hydrogens (tertiary/aromatic N) is 1. The van der Waals surface area contributed by atoms with Gasteiger partial charge in [-0.1, -0.05) is 6.07 Å². The van der Waals surface area contributed by atoms with Gasteiger partial charge in [0.1, 0.15) is 17.0 Å². The predicted molar refractivity (Wildman–Crippen MR) is 122 cm³/mol. The zero-order valence-corrected chi connectivity index (χ0v) is 18.9. The highest BCUT2D eigenvalue weighted by atomic mass is 16.6. The molecule has 3 amide bonds. The van der Waals surface area contributed by atoms with Gasteiger partial charge in [-0.05, 0) is 71.0 Å². The molecule has 1 aliphatic heterocycles. The predicted octanol–water partition coefficient (Wildman–Crippen LogP) is 5.33. The normalized spacial score (nSPS) is 16.6. The summed E-state index contributed by atoms with van der Waals surface area (Å²) in [5.74, 6) is 0.632. The molecule has 0 saturated heterocycles. The molecule has 3 rings (SSSR count). The van der Waals surface area contributed by atoms with Gasteiger partial charge in [0, 0.05) is 23.4 Å². The number of fused-ring (bicyclic) bond motifs is 1. The Morgan fingerprint density at radius 2 is 1.84 bits per heavy atom. The van der Waals surface area contributed by atoms with Gasteiger partial charge in [-0.3, -0.25) is 5.32 Å². The topological polar surface area (TPSA) is 112 Å². The van der Waals surface area contributed by atoms with Crippen LogP contribution in [-0.4, -0.2) is 23.3 Å². The zero-order valence-electron chi connectivity index (χ0n) is 18.9. The second-order valence-electron chi connectivity index (χ2n) is 9.29. The maximum Gasteiger partial charge on any atom is 0.412 e. The molecule has 0 aliphatic carbocycles. The second-order valence-corrected chi connectivity index (χ2v) is 9.29. The van der Waals surface area contributed by atoms with Gasteiger partial charge in [-0.2, -0.15) is 5.26 Å². The molecular formula is C24H28N4O4. The van der Waals surface area contributed by atoms with E-state index in [0.29, 0.717) is 29.1 Å². The van der Waals surface area contributed by atoms with E-state index in [4.69, 9.17) is 14.7 Å². The van der Waals surface area contributed by atoms with E-state index in [1.54, 1.807) is 63.2 Å². The van der Waals surface area contributed by atoms with Crippen LogP contribution in [0.15, 0.2) is 42.5 Å². The lowest BCUT2D eigenvalue weighted by Crippen LogP contribution is -2.42. The van der Waals surface area contributed by atoms with Crippen LogP contribution in [-0.2, 0) is 4.74 Å². The van der Waals surface area contributed by atoms with Crippen molar-refractivity contribution in [3.05, 3.63) is 53.6 Å². The standard InChI is InChI=1S/C24H28N4O4/c1-23(2,3)32-22(30)27-17-9-10-20-18(12-17)19(13-24(4,5)31-20)28-21(29)26-16-8-6-7-15(11-16)14-25/h6-12,19H,13H2,1-5H3,(H,27,30)(H2,26,28,29)/t19-/m0/s1. The molecule has 0 spiro atoms. The van der Waals surface area contributed by atoms with E-state index in [1.807, 2.05) is 19.9 Å². The van der Waals surface area contributed by atoms with Gasteiger partial charge >= 0.3 is 12.1 Å². The number of rotatable bonds is 3. The lowest BCUT2D eigenvalue weighted by atomic mass is 9.89. The van der Waals surface area contributed by atoms with Gasteiger partial charge in [0.15, 0.2) is 0 Å². The van der Waals surface area contributed by atoms with Crippen LogP contribution in [0, 0.1) is 11.3 Å². The summed E-state index contributed by atoms with van der Waals surface area (Å²) in [5.41, 5.74) is 1.16. The maximum atomic E-state index is 12.7. The first-order chi connectivity index (χ1) is 14.9. The van der Waals surface area contributed by atoms with Crippen LogP contribution in [0.1, 0.15) is 58.2 Å². The minimum atomic E-state index is -0.615. The van der Waals surface area contributed by atoms with E-state index in [2.05, 4.69) is 16.0 Å². The summed E-state index contributed by atoms with van der Waals surface area (Å²) in [6.07, 6.45) is -0.0317. The highest BCUT2D eigenvalue weighted by Crippen LogP contribution is 2.40. The Balaban J connectivity index is 1.78. The summed E-state index contributed by atoms with van der Waals surface area (Å²) < 4.78 is 11.4. The van der Waals surface area contributed by atoms with Crippen LogP contribution in [0.25, 0.3) is 0 Å². The quantitative estimate of drug-likeness (QED) is 0.602. The van der Waals surface area contributed by atoms with Crippen molar-refractivity contribution in [2.75, 3.05) is 10.6 Å². The number of anilines is 2. The summed E-state index contributed by atoms with van der Waals surface area (Å²) in [6.45, 7) is 9.28. The highest BCUT2D eigenvalue weighted by Gasteiger charge is 2.35. The van der Waals surface area contributed by atoms with Crippen LogP contribution >= 0.6 is 0 Å². The smallest absolute Gasteiger partial charge is 0.412 e. The monoisotopic (exact) mass is 436 g/mol. The van der Waals surface area contributed by atoms with Crippen molar-refractivity contribution in [2.24, 2.45) is 0 Å². The molecule has 168 valence electrons. The molecule has 1 aliphatic rings. The van der Waals surface area contributed by atoms with Crippen molar-refractivity contribution < 1.29 is 19.1 Å². The minimum absolute atomic E-state index is 0.353. The summed E-state index contributed by atoms with van der Waals surface area (Å²) in [7, 11) is 0. The first kappa shape index (κ1) is 22.9. The van der Waals surface area contributed by atoms with Crippen molar-refractivity contribution in [3.8, 4) is 11.8 Å². The summed E-state index contributed by atoms with van der Waals surface area (Å²) in [6, 6.07) is 13.3. The molecule has 8 heteroatoms. The van der Waals surface area contributed by atoms with Crippen LogP contribution in [0.5, 0.6) is 5.75 Å². The van der Waals surface area contributed by atoms with Crippen LogP contribution in [0.4, 0.5) is 21.0 Å². The van der Waals surface area contributed by atoms with Gasteiger partial charge in [0.05, 0.1) is 17.7 Å². The van der Waals surface area contributed by atoms with Gasteiger partial charge in [0.2, 0.25) is 0 Å². The number of ether oxygens (including phenoxy) is 2. The number of nitrogens with one attached hydrogen (secondary N) is 3. The molecule has 1 atom stereocenters. The van der Waals surface area contributed by atoms with E-state index >= 15 is 0 Å². The zero-order chi connectivity index (χ0) is 23.5. The molecule has 0 radical (unpaired) electrons. The summed E-state index contributed by atoms with van der Waals surface area (Å²) in [5, 5.41) is 17.5. The molecule has 0 unspecified atom stereocenters. The number of benzene rings is 2. The van der Waals surface area contributed by atoms with E-state index in [1.165, 1.54) is 0 Å². The Hall–Kier alpha value is -3.73. The fraction of sp³-hybridized carbons (Fsp3) is 0.375. The fourth-order valence-corrected chi connectivity index (χ4v) is 3.47. The van der Waals surface area contributed by atoms with Crippen LogP contribution in [0.2, 0.25) is 0 Å². The van der Waals surface area contributed by atoms with Crippen molar-refractivity contribution in [2.45, 2.75) is 58.3 Å². The molecular weight excluding hydrogens is 408 g/mol. The Kier molecular flexibility index (Phi) is 6.30. The van der Waals surface area contributed by atoms with Gasteiger partial charge in [0.25, 0.3) is 0 Å². The third-order valence-corrected chi connectivity index (χ3v) is 4.67. The van der Waals surface area contributed by atoms with Gasteiger partial charge in [-0.25, -0.2) is 9.59 Å². The highest BCUT2D eigenvalue weighted by molar-refractivity contribution is 5.90. The second kappa shape index (κ2) is 8.79. The van der Waals surface area contributed by atoms with Crippen LogP contribution in [0.3, 0.4) is 0 Å². The number of urea groups is 1. The molecule has 0 saturated carbocycles. The first-order valence-corrected chi connectivity index (χ1v) is 10.3. The molecule has 0 bridgehead atoms. The van der Waals surface area contributed by atoms with E-state index in [0.717, 1.165) is 5.56 Å². The molecule has 32 heavy (non-hydrogen) atoms. The number of nitriles is 1. The van der Waals surface area contributed by atoms with Crippen molar-refractivity contribution in [1.82, 2.24) is 5.32 Å². The molecule has 1 heterocycles. The van der Waals surface area contributed by atoms with E-state index in [-0.39, 0.29) is 6.04 Å². The Morgan fingerprint density at radius 3 is 2.53 bits per heavy atom.